The molecular formula is C29H28ClNO3. The molecule has 0 bridgehead atoms. The van der Waals surface area contributed by atoms with Crippen LogP contribution in [0.3, 0.4) is 0 Å². The summed E-state index contributed by atoms with van der Waals surface area (Å²) >= 11 is 6.18. The number of halogens is 1. The molecule has 2 N–H and O–H groups in total. The predicted octanol–water partition coefficient (Wildman–Crippen LogP) is 6.36. The molecule has 0 aromatic heterocycles. The average molecular weight is 474 g/mol. The fraction of sp³-hybridized carbons (Fsp3) is 0.345. The molecule has 3 aromatic rings. The lowest BCUT2D eigenvalue weighted by molar-refractivity contribution is -0.144. The molecule has 2 aliphatic carbocycles. The Kier molecular flexibility index (Phi) is 5.11. The lowest BCUT2D eigenvalue weighted by atomic mass is 9.59. The molecule has 1 atom stereocenters. The number of carboxylic acid groups (broad SMARTS) is 1. The maximum Gasteiger partial charge on any atom is 0.329 e. The number of para-hydroxylation sites is 1. The molecule has 1 fully saturated rings. The number of fused-ring (bicyclic) bond motifs is 3. The molecule has 3 aliphatic rings. The summed E-state index contributed by atoms with van der Waals surface area (Å²) in [6.07, 6.45) is 4.64. The summed E-state index contributed by atoms with van der Waals surface area (Å²) in [4.78, 5) is 12.6. The average Bonchev–Trinajstić information content (AvgIpc) is 3.44. The van der Waals surface area contributed by atoms with Gasteiger partial charge in [-0.3, -0.25) is 0 Å². The minimum atomic E-state index is -1.01. The van der Waals surface area contributed by atoms with E-state index in [0.717, 1.165) is 43.7 Å². The molecule has 0 amide bonds. The first kappa shape index (κ1) is 21.5. The third-order valence-electron chi connectivity index (χ3n) is 8.38. The number of ether oxygens (including phenoxy) is 1. The van der Waals surface area contributed by atoms with E-state index in [0.29, 0.717) is 17.9 Å². The maximum atomic E-state index is 12.6. The van der Waals surface area contributed by atoms with Gasteiger partial charge in [-0.25, -0.2) is 4.79 Å². The van der Waals surface area contributed by atoms with Crippen molar-refractivity contribution in [3.63, 3.8) is 0 Å². The van der Waals surface area contributed by atoms with Gasteiger partial charge in [0, 0.05) is 28.5 Å². The largest absolute Gasteiger partial charge is 0.493 e. The third kappa shape index (κ3) is 3.31. The molecule has 6 rings (SSSR count). The zero-order valence-corrected chi connectivity index (χ0v) is 19.8. The number of anilines is 1. The standard InChI is InChI=1S/C29H28ClNO3/c30-21-7-4-8-22(18-21)31-29(27(32)33)14-12-28(13-15-29)24-10-2-1-5-20(24)17-25(28)23-9-3-6-19-11-16-34-26(19)23/h1-10,18,25,31H,11-17H2,(H,32,33). The molecule has 0 saturated heterocycles. The Morgan fingerprint density at radius 3 is 2.53 bits per heavy atom. The van der Waals surface area contributed by atoms with Crippen molar-refractivity contribution in [3.8, 4) is 5.75 Å². The van der Waals surface area contributed by atoms with E-state index in [2.05, 4.69) is 47.8 Å². The van der Waals surface area contributed by atoms with E-state index in [1.54, 1.807) is 12.1 Å². The Morgan fingerprint density at radius 2 is 1.74 bits per heavy atom. The highest BCUT2D eigenvalue weighted by atomic mass is 35.5. The fourth-order valence-corrected chi connectivity index (χ4v) is 6.88. The maximum absolute atomic E-state index is 12.6. The quantitative estimate of drug-likeness (QED) is 0.462. The first-order valence-corrected chi connectivity index (χ1v) is 12.5. The molecule has 3 aromatic carbocycles. The van der Waals surface area contributed by atoms with Crippen LogP contribution in [-0.4, -0.2) is 23.2 Å². The molecule has 1 aliphatic heterocycles. The SMILES string of the molecule is O=C(O)C1(Nc2cccc(Cl)c2)CCC2(CC1)c1ccccc1CC2c1cccc2c1OCC2. The first-order valence-electron chi connectivity index (χ1n) is 12.1. The summed E-state index contributed by atoms with van der Waals surface area (Å²) in [5, 5.41) is 14.3. The highest BCUT2D eigenvalue weighted by molar-refractivity contribution is 6.30. The minimum absolute atomic E-state index is 0.0906. The van der Waals surface area contributed by atoms with Gasteiger partial charge in [-0.2, -0.15) is 0 Å². The van der Waals surface area contributed by atoms with Gasteiger partial charge in [0.2, 0.25) is 0 Å². The molecule has 4 nitrogen and oxygen atoms in total. The number of carboxylic acids is 1. The Balaban J connectivity index is 1.38. The van der Waals surface area contributed by atoms with Gasteiger partial charge in [0.1, 0.15) is 11.3 Å². The zero-order valence-electron chi connectivity index (χ0n) is 19.0. The van der Waals surface area contributed by atoms with Crippen LogP contribution in [0.25, 0.3) is 0 Å². The molecule has 1 spiro atoms. The third-order valence-corrected chi connectivity index (χ3v) is 8.61. The van der Waals surface area contributed by atoms with Crippen LogP contribution in [0.15, 0.2) is 66.7 Å². The van der Waals surface area contributed by atoms with E-state index < -0.39 is 11.5 Å². The summed E-state index contributed by atoms with van der Waals surface area (Å²) in [6.45, 7) is 0.741. The number of benzene rings is 3. The molecular weight excluding hydrogens is 446 g/mol. The van der Waals surface area contributed by atoms with Crippen LogP contribution in [0.4, 0.5) is 5.69 Å². The topological polar surface area (TPSA) is 58.6 Å². The highest BCUT2D eigenvalue weighted by Crippen LogP contribution is 2.59. The molecule has 1 unspecified atom stereocenters. The van der Waals surface area contributed by atoms with E-state index in [1.165, 1.54) is 22.3 Å². The van der Waals surface area contributed by atoms with Crippen LogP contribution in [0.2, 0.25) is 5.02 Å². The van der Waals surface area contributed by atoms with Crippen molar-refractivity contribution in [1.29, 1.82) is 0 Å². The Morgan fingerprint density at radius 1 is 0.971 bits per heavy atom. The van der Waals surface area contributed by atoms with Crippen LogP contribution in [0.5, 0.6) is 5.75 Å². The first-order chi connectivity index (χ1) is 16.5. The van der Waals surface area contributed by atoms with Gasteiger partial charge in [0.05, 0.1) is 6.61 Å². The van der Waals surface area contributed by atoms with Gasteiger partial charge in [-0.1, -0.05) is 60.1 Å². The Hall–Kier alpha value is -2.98. The van der Waals surface area contributed by atoms with E-state index in [-0.39, 0.29) is 11.3 Å². The van der Waals surface area contributed by atoms with E-state index in [1.807, 2.05) is 12.1 Å². The van der Waals surface area contributed by atoms with E-state index in [9.17, 15) is 9.90 Å². The summed E-state index contributed by atoms with van der Waals surface area (Å²) in [5.74, 6) is 0.553. The Bertz CT molecular complexity index is 1260. The van der Waals surface area contributed by atoms with Gasteiger partial charge in [0.15, 0.2) is 0 Å². The number of rotatable bonds is 4. The number of hydrogen-bond donors (Lipinski definition) is 2. The zero-order chi connectivity index (χ0) is 23.3. The summed E-state index contributed by atoms with van der Waals surface area (Å²) in [6, 6.07) is 22.6. The van der Waals surface area contributed by atoms with Crippen molar-refractivity contribution in [2.45, 2.75) is 55.4 Å². The molecule has 0 radical (unpaired) electrons. The van der Waals surface area contributed by atoms with E-state index >= 15 is 0 Å². The fourth-order valence-electron chi connectivity index (χ4n) is 6.69. The predicted molar refractivity (Wildman–Crippen MR) is 134 cm³/mol. The lowest BCUT2D eigenvalue weighted by Crippen LogP contribution is -2.52. The van der Waals surface area contributed by atoms with Crippen molar-refractivity contribution < 1.29 is 14.6 Å². The van der Waals surface area contributed by atoms with E-state index in [4.69, 9.17) is 16.3 Å². The van der Waals surface area contributed by atoms with Gasteiger partial charge >= 0.3 is 5.97 Å². The normalized spacial score (nSPS) is 27.1. The van der Waals surface area contributed by atoms with Crippen molar-refractivity contribution in [1.82, 2.24) is 0 Å². The van der Waals surface area contributed by atoms with Crippen molar-refractivity contribution in [2.75, 3.05) is 11.9 Å². The summed E-state index contributed by atoms with van der Waals surface area (Å²) in [5.41, 5.74) is 5.01. The van der Waals surface area contributed by atoms with Crippen molar-refractivity contribution in [2.24, 2.45) is 0 Å². The molecule has 1 saturated carbocycles. The smallest absolute Gasteiger partial charge is 0.329 e. The second-order valence-corrected chi connectivity index (χ2v) is 10.5. The van der Waals surface area contributed by atoms with Gasteiger partial charge in [-0.05, 0) is 72.6 Å². The highest BCUT2D eigenvalue weighted by Gasteiger charge is 2.55. The van der Waals surface area contributed by atoms with Gasteiger partial charge < -0.3 is 15.2 Å². The lowest BCUT2D eigenvalue weighted by Gasteiger charge is -2.47. The van der Waals surface area contributed by atoms with Crippen LogP contribution in [0, 0.1) is 0 Å². The molecule has 1 heterocycles. The summed E-state index contributed by atoms with van der Waals surface area (Å²) < 4.78 is 6.13. The number of aliphatic carboxylic acids is 1. The van der Waals surface area contributed by atoms with Crippen LogP contribution < -0.4 is 10.1 Å². The monoisotopic (exact) mass is 473 g/mol. The molecule has 5 heteroatoms. The number of nitrogens with one attached hydrogen (secondary N) is 1. The van der Waals surface area contributed by atoms with Gasteiger partial charge in [0.25, 0.3) is 0 Å². The minimum Gasteiger partial charge on any atom is -0.493 e. The number of carbonyl (C=O) groups is 1. The van der Waals surface area contributed by atoms with Crippen LogP contribution >= 0.6 is 11.6 Å². The Labute approximate surface area is 204 Å². The van der Waals surface area contributed by atoms with Gasteiger partial charge in [-0.15, -0.1) is 0 Å². The van der Waals surface area contributed by atoms with Crippen molar-refractivity contribution >= 4 is 23.3 Å². The van der Waals surface area contributed by atoms with Crippen LogP contribution in [-0.2, 0) is 23.1 Å². The second kappa shape index (κ2) is 8.06. The molecule has 174 valence electrons. The number of hydrogen-bond acceptors (Lipinski definition) is 3. The van der Waals surface area contributed by atoms with Crippen molar-refractivity contribution in [3.05, 3.63) is 94.0 Å². The molecule has 34 heavy (non-hydrogen) atoms. The summed E-state index contributed by atoms with van der Waals surface area (Å²) in [7, 11) is 0. The van der Waals surface area contributed by atoms with Crippen LogP contribution in [0.1, 0.15) is 53.9 Å². The second-order valence-electron chi connectivity index (χ2n) is 10.0.